The molecule has 1 fully saturated rings. The van der Waals surface area contributed by atoms with Gasteiger partial charge in [0.15, 0.2) is 11.5 Å². The minimum Gasteiger partial charge on any atom is -0.497 e. The van der Waals surface area contributed by atoms with E-state index in [1.807, 2.05) is 0 Å². The number of nitrogens with one attached hydrogen (secondary N) is 1. The molecule has 1 amide bonds. The van der Waals surface area contributed by atoms with Crippen LogP contribution in [0.3, 0.4) is 0 Å². The number of ether oxygens (including phenoxy) is 2. The predicted octanol–water partition coefficient (Wildman–Crippen LogP) is 2.57. The summed E-state index contributed by atoms with van der Waals surface area (Å²) in [5.41, 5.74) is 0.940. The van der Waals surface area contributed by atoms with E-state index in [1.54, 1.807) is 38.5 Å². The first-order valence-corrected chi connectivity index (χ1v) is 8.91. The fraction of sp³-hybridized carbons (Fsp3) is 0.474. The quantitative estimate of drug-likeness (QED) is 0.819. The van der Waals surface area contributed by atoms with Crippen LogP contribution in [0.1, 0.15) is 29.8 Å². The Morgan fingerprint density at radius 3 is 2.73 bits per heavy atom. The van der Waals surface area contributed by atoms with Gasteiger partial charge in [0.05, 0.1) is 19.8 Å². The van der Waals surface area contributed by atoms with Gasteiger partial charge in [0, 0.05) is 19.2 Å². The molecule has 1 aliphatic rings. The Labute approximate surface area is 153 Å². The minimum atomic E-state index is -0.237. The van der Waals surface area contributed by atoms with Crippen LogP contribution in [0.5, 0.6) is 11.5 Å². The fourth-order valence-corrected chi connectivity index (χ4v) is 3.12. The van der Waals surface area contributed by atoms with E-state index in [0.717, 1.165) is 19.6 Å². The number of hydrogen-bond donors (Lipinski definition) is 1. The molecule has 0 saturated carbocycles. The lowest BCUT2D eigenvalue weighted by Crippen LogP contribution is -2.37. The van der Waals surface area contributed by atoms with E-state index in [0.29, 0.717) is 29.4 Å². The van der Waals surface area contributed by atoms with Gasteiger partial charge in [-0.3, -0.25) is 4.79 Å². The Hall–Kier alpha value is -2.54. The van der Waals surface area contributed by atoms with Crippen molar-refractivity contribution < 1.29 is 18.8 Å². The zero-order chi connectivity index (χ0) is 18.4. The molecule has 0 radical (unpaired) electrons. The topological polar surface area (TPSA) is 76.8 Å². The maximum absolute atomic E-state index is 12.3. The van der Waals surface area contributed by atoms with Gasteiger partial charge >= 0.3 is 0 Å². The first-order chi connectivity index (χ1) is 12.7. The number of carbonyl (C=O) groups is 1. The average Bonchev–Trinajstić information content (AvgIpc) is 3.18. The summed E-state index contributed by atoms with van der Waals surface area (Å²) in [6.07, 6.45) is 3.78. The number of aromatic nitrogens is 1. The van der Waals surface area contributed by atoms with E-state index in [-0.39, 0.29) is 11.6 Å². The Morgan fingerprint density at radius 2 is 2.00 bits per heavy atom. The maximum Gasteiger partial charge on any atom is 0.273 e. The average molecular weight is 359 g/mol. The second-order valence-corrected chi connectivity index (χ2v) is 6.30. The van der Waals surface area contributed by atoms with E-state index >= 15 is 0 Å². The molecule has 1 aliphatic heterocycles. The van der Waals surface area contributed by atoms with E-state index in [4.69, 9.17) is 14.0 Å². The highest BCUT2D eigenvalue weighted by molar-refractivity contribution is 5.93. The van der Waals surface area contributed by atoms with Crippen LogP contribution < -0.4 is 14.8 Å². The van der Waals surface area contributed by atoms with Crippen LogP contribution in [0.4, 0.5) is 0 Å². The van der Waals surface area contributed by atoms with Gasteiger partial charge in [-0.2, -0.15) is 0 Å². The van der Waals surface area contributed by atoms with E-state index in [2.05, 4.69) is 15.4 Å². The molecule has 0 atom stereocenters. The number of rotatable bonds is 7. The Balaban J connectivity index is 1.62. The highest BCUT2D eigenvalue weighted by atomic mass is 16.5. The standard InChI is InChI=1S/C19H25N3O4/c1-24-14-6-7-17(25-2)15(12-14)18-13-16(21-26-18)19(23)20-8-11-22-9-4-3-5-10-22/h6-7,12-13H,3-5,8-11H2,1-2H3,(H,20,23). The van der Waals surface area contributed by atoms with E-state index in [1.165, 1.54) is 19.3 Å². The molecule has 0 aliphatic carbocycles. The van der Waals surface area contributed by atoms with Crippen molar-refractivity contribution in [3.63, 3.8) is 0 Å². The van der Waals surface area contributed by atoms with Crippen molar-refractivity contribution in [1.29, 1.82) is 0 Å². The summed E-state index contributed by atoms with van der Waals surface area (Å²) >= 11 is 0. The van der Waals surface area contributed by atoms with Gasteiger partial charge in [-0.1, -0.05) is 11.6 Å². The van der Waals surface area contributed by atoms with Crippen molar-refractivity contribution in [1.82, 2.24) is 15.4 Å². The highest BCUT2D eigenvalue weighted by Gasteiger charge is 2.17. The number of hydrogen-bond acceptors (Lipinski definition) is 6. The first-order valence-electron chi connectivity index (χ1n) is 8.91. The number of methoxy groups -OCH3 is 2. The molecule has 1 saturated heterocycles. The largest absolute Gasteiger partial charge is 0.497 e. The number of nitrogens with zero attached hydrogens (tertiary/aromatic N) is 2. The molecule has 0 bridgehead atoms. The lowest BCUT2D eigenvalue weighted by Gasteiger charge is -2.26. The zero-order valence-corrected chi connectivity index (χ0v) is 15.3. The monoisotopic (exact) mass is 359 g/mol. The van der Waals surface area contributed by atoms with E-state index in [9.17, 15) is 4.79 Å². The van der Waals surface area contributed by atoms with Gasteiger partial charge in [0.2, 0.25) is 0 Å². The summed E-state index contributed by atoms with van der Waals surface area (Å²) in [5.74, 6) is 1.52. The lowest BCUT2D eigenvalue weighted by molar-refractivity contribution is 0.0937. The molecule has 0 unspecified atom stereocenters. The summed E-state index contributed by atoms with van der Waals surface area (Å²) in [6, 6.07) is 6.99. The van der Waals surface area contributed by atoms with Crippen LogP contribution in [-0.4, -0.2) is 56.4 Å². The third kappa shape index (κ3) is 4.35. The molecule has 1 aromatic carbocycles. The molecule has 1 aromatic heterocycles. The van der Waals surface area contributed by atoms with Crippen LogP contribution in [0.15, 0.2) is 28.8 Å². The molecule has 140 valence electrons. The smallest absolute Gasteiger partial charge is 0.273 e. The molecule has 7 heteroatoms. The second-order valence-electron chi connectivity index (χ2n) is 6.30. The number of piperidine rings is 1. The highest BCUT2D eigenvalue weighted by Crippen LogP contribution is 2.33. The van der Waals surface area contributed by atoms with Gasteiger partial charge in [-0.25, -0.2) is 0 Å². The summed E-state index contributed by atoms with van der Waals surface area (Å²) in [6.45, 7) is 3.68. The van der Waals surface area contributed by atoms with Gasteiger partial charge in [0.25, 0.3) is 5.91 Å². The molecule has 26 heavy (non-hydrogen) atoms. The van der Waals surface area contributed by atoms with Gasteiger partial charge in [0.1, 0.15) is 11.5 Å². The van der Waals surface area contributed by atoms with Crippen LogP contribution in [-0.2, 0) is 0 Å². The summed E-state index contributed by atoms with van der Waals surface area (Å²) < 4.78 is 15.9. The normalized spacial score (nSPS) is 14.8. The summed E-state index contributed by atoms with van der Waals surface area (Å²) in [7, 11) is 3.17. The van der Waals surface area contributed by atoms with Gasteiger partial charge in [-0.15, -0.1) is 0 Å². The molecular weight excluding hydrogens is 334 g/mol. The van der Waals surface area contributed by atoms with Crippen LogP contribution in [0.25, 0.3) is 11.3 Å². The van der Waals surface area contributed by atoms with Crippen LogP contribution in [0.2, 0.25) is 0 Å². The zero-order valence-electron chi connectivity index (χ0n) is 15.3. The fourth-order valence-electron chi connectivity index (χ4n) is 3.12. The van der Waals surface area contributed by atoms with Crippen molar-refractivity contribution in [2.24, 2.45) is 0 Å². The lowest BCUT2D eigenvalue weighted by atomic mass is 10.1. The van der Waals surface area contributed by atoms with Crippen LogP contribution in [0, 0.1) is 0 Å². The summed E-state index contributed by atoms with van der Waals surface area (Å²) in [4.78, 5) is 14.7. The number of carbonyl (C=O) groups excluding carboxylic acids is 1. The van der Waals surface area contributed by atoms with Crippen molar-refractivity contribution in [2.75, 3.05) is 40.4 Å². The van der Waals surface area contributed by atoms with Gasteiger partial charge < -0.3 is 24.2 Å². The SMILES string of the molecule is COc1ccc(OC)c(-c2cc(C(=O)NCCN3CCCCC3)no2)c1. The maximum atomic E-state index is 12.3. The molecule has 0 spiro atoms. The van der Waals surface area contributed by atoms with E-state index < -0.39 is 0 Å². The molecule has 2 heterocycles. The number of likely N-dealkylation sites (tertiary alicyclic amines) is 1. The molecule has 1 N–H and O–H groups in total. The molecular formula is C19H25N3O4. The summed E-state index contributed by atoms with van der Waals surface area (Å²) in [5, 5.41) is 6.79. The first kappa shape index (κ1) is 18.3. The molecule has 2 aromatic rings. The number of amides is 1. The van der Waals surface area contributed by atoms with Gasteiger partial charge in [-0.05, 0) is 44.1 Å². The number of benzene rings is 1. The predicted molar refractivity (Wildman–Crippen MR) is 97.7 cm³/mol. The minimum absolute atomic E-state index is 0.237. The van der Waals surface area contributed by atoms with Crippen molar-refractivity contribution in [2.45, 2.75) is 19.3 Å². The molecule has 7 nitrogen and oxygen atoms in total. The Kier molecular flexibility index (Phi) is 6.12. The van der Waals surface area contributed by atoms with Crippen molar-refractivity contribution in [3.8, 4) is 22.8 Å². The Bertz CT molecular complexity index is 738. The second kappa shape index (κ2) is 8.71. The third-order valence-corrected chi connectivity index (χ3v) is 4.58. The van der Waals surface area contributed by atoms with Crippen molar-refractivity contribution >= 4 is 5.91 Å². The third-order valence-electron chi connectivity index (χ3n) is 4.58. The molecule has 3 rings (SSSR count). The van der Waals surface area contributed by atoms with Crippen molar-refractivity contribution in [3.05, 3.63) is 30.0 Å². The Morgan fingerprint density at radius 1 is 1.19 bits per heavy atom. The van der Waals surface area contributed by atoms with Crippen LogP contribution >= 0.6 is 0 Å².